The maximum atomic E-state index is 13.8. The van der Waals surface area contributed by atoms with Crippen LogP contribution in [0.25, 0.3) is 33.4 Å². The van der Waals surface area contributed by atoms with Gasteiger partial charge in [-0.05, 0) is 58.0 Å². The van der Waals surface area contributed by atoms with Crippen LogP contribution in [0.1, 0.15) is 64.6 Å². The monoisotopic (exact) mass is 832 g/mol. The van der Waals surface area contributed by atoms with Crippen molar-refractivity contribution < 1.29 is 42.9 Å². The van der Waals surface area contributed by atoms with Crippen molar-refractivity contribution in [3.05, 3.63) is 158 Å². The number of para-hydroxylation sites is 1. The Morgan fingerprint density at radius 2 is 1.56 bits per heavy atom. The fraction of sp³-hybridized carbons (Fsp3) is 0.229. The molecule has 9 rings (SSSR count). The number of esters is 1. The van der Waals surface area contributed by atoms with Crippen LogP contribution in [0.15, 0.2) is 114 Å². The molecule has 2 amide bonds. The number of benzene rings is 4. The Hall–Kier alpha value is -7.61. The van der Waals surface area contributed by atoms with Gasteiger partial charge in [0.2, 0.25) is 11.5 Å². The lowest BCUT2D eigenvalue weighted by atomic mass is 9.85. The number of Topliss-reactive ketones (excluding diaryl/α,β-unsaturated/α-hetero) is 1. The molecule has 14 nitrogen and oxygen atoms in total. The van der Waals surface area contributed by atoms with Gasteiger partial charge >= 0.3 is 18.2 Å². The highest BCUT2D eigenvalue weighted by Gasteiger charge is 2.51. The summed E-state index contributed by atoms with van der Waals surface area (Å²) < 4.78 is 23.8. The standard InChI is InChI=1S/C48H40N4O10/c1-2-48(37-21-40-43-30(20-29-9-3-8-14-38(29)50-43)23-52(40)44(55)36(37)26-59-45(48)56)62-47(58)61-24-28-17-15-27(16-18-28)19-41(53)39(22-42(49)54)51-46(57)60-25-35-33-12-6-4-10-31(33)32-11-5-7-13-34(32)35/h3-18,20-21,35,39H,2,19,22-26H2,1H3,(H2,49,54)(H,51,57)/t39-,48+/m1/s1. The van der Waals surface area contributed by atoms with E-state index in [0.717, 1.165) is 38.7 Å². The van der Waals surface area contributed by atoms with Crippen LogP contribution in [0, 0.1) is 0 Å². The Labute approximate surface area is 354 Å². The second-order valence-corrected chi connectivity index (χ2v) is 15.6. The smallest absolute Gasteiger partial charge is 0.457 e. The van der Waals surface area contributed by atoms with E-state index in [-0.39, 0.29) is 55.3 Å². The molecule has 0 spiro atoms. The largest absolute Gasteiger partial charge is 0.510 e. The molecule has 62 heavy (non-hydrogen) atoms. The number of nitrogens with two attached hydrogens (primary N) is 1. The number of cyclic esters (lactones) is 1. The summed E-state index contributed by atoms with van der Waals surface area (Å²) in [5, 5.41) is 3.46. The number of pyridine rings is 2. The Morgan fingerprint density at radius 1 is 0.887 bits per heavy atom. The lowest BCUT2D eigenvalue weighted by molar-refractivity contribution is -0.175. The highest BCUT2D eigenvalue weighted by molar-refractivity contribution is 5.93. The molecular formula is C48H40N4O10. The minimum Gasteiger partial charge on any atom is -0.457 e. The molecule has 6 aromatic rings. The molecule has 0 fully saturated rings. The molecule has 0 saturated carbocycles. The second kappa shape index (κ2) is 16.1. The minimum atomic E-state index is -1.95. The van der Waals surface area contributed by atoms with Gasteiger partial charge in [0.1, 0.15) is 19.8 Å². The first-order chi connectivity index (χ1) is 30.0. The molecule has 14 heteroatoms. The Morgan fingerprint density at radius 3 is 2.27 bits per heavy atom. The maximum Gasteiger partial charge on any atom is 0.510 e. The number of primary amides is 1. The quantitative estimate of drug-likeness (QED) is 0.103. The molecule has 4 aromatic carbocycles. The summed E-state index contributed by atoms with van der Waals surface area (Å²) in [4.78, 5) is 83.7. The van der Waals surface area contributed by atoms with Gasteiger partial charge in [-0.3, -0.25) is 14.4 Å². The summed E-state index contributed by atoms with van der Waals surface area (Å²) in [5.74, 6) is -2.26. The van der Waals surface area contributed by atoms with E-state index in [0.29, 0.717) is 29.1 Å². The third kappa shape index (κ3) is 7.22. The lowest BCUT2D eigenvalue weighted by Crippen LogP contribution is -2.47. The molecule has 4 heterocycles. The number of hydrogen-bond acceptors (Lipinski definition) is 11. The number of fused-ring (bicyclic) bond motifs is 8. The maximum absolute atomic E-state index is 13.8. The number of carbonyl (C=O) groups is 5. The second-order valence-electron chi connectivity index (χ2n) is 15.6. The number of rotatable bonds is 12. The third-order valence-corrected chi connectivity index (χ3v) is 11.8. The van der Waals surface area contributed by atoms with E-state index in [1.54, 1.807) is 41.8 Å². The fourth-order valence-corrected chi connectivity index (χ4v) is 8.70. The number of aromatic nitrogens is 2. The molecule has 0 unspecified atom stereocenters. The minimum absolute atomic E-state index is 0.0256. The van der Waals surface area contributed by atoms with Gasteiger partial charge in [-0.1, -0.05) is 97.9 Å². The first-order valence-corrected chi connectivity index (χ1v) is 20.2. The molecule has 3 aliphatic rings. The lowest BCUT2D eigenvalue weighted by Gasteiger charge is -2.35. The van der Waals surface area contributed by atoms with Crippen LogP contribution in [0.4, 0.5) is 9.59 Å². The van der Waals surface area contributed by atoms with Gasteiger partial charge in [0.15, 0.2) is 5.78 Å². The van der Waals surface area contributed by atoms with E-state index in [1.165, 1.54) is 0 Å². The van der Waals surface area contributed by atoms with Gasteiger partial charge in [-0.2, -0.15) is 0 Å². The normalized spacial score (nSPS) is 16.2. The van der Waals surface area contributed by atoms with Crippen molar-refractivity contribution >= 4 is 40.8 Å². The molecule has 2 aromatic heterocycles. The van der Waals surface area contributed by atoms with Gasteiger partial charge in [-0.25, -0.2) is 19.4 Å². The van der Waals surface area contributed by atoms with E-state index in [1.807, 2.05) is 78.9 Å². The summed E-state index contributed by atoms with van der Waals surface area (Å²) in [7, 11) is 0. The fourth-order valence-electron chi connectivity index (χ4n) is 8.70. The first-order valence-electron chi connectivity index (χ1n) is 20.2. The topological polar surface area (TPSA) is 195 Å². The molecule has 0 bridgehead atoms. The molecule has 312 valence electrons. The number of ether oxygens (including phenoxy) is 4. The summed E-state index contributed by atoms with van der Waals surface area (Å²) in [6.45, 7) is 1.44. The number of amides is 2. The first kappa shape index (κ1) is 39.8. The van der Waals surface area contributed by atoms with Crippen LogP contribution in [0.5, 0.6) is 0 Å². The number of carbonyl (C=O) groups excluding carboxylic acids is 5. The Balaban J connectivity index is 0.833. The van der Waals surface area contributed by atoms with Crippen molar-refractivity contribution in [3.63, 3.8) is 0 Å². The molecule has 0 saturated heterocycles. The van der Waals surface area contributed by atoms with Crippen LogP contribution in [0.2, 0.25) is 0 Å². The SMILES string of the molecule is CC[C@@]1(OC(=O)OCc2ccc(CC(=O)[C@@H](CC(N)=O)NC(=O)OCC3c4ccccc4-c4ccccc43)cc2)C(=O)OCc2c1cc1n(c2=O)Cc2cc3ccccc3nc2-1. The predicted molar refractivity (Wildman–Crippen MR) is 225 cm³/mol. The molecule has 2 aliphatic heterocycles. The van der Waals surface area contributed by atoms with Crippen molar-refractivity contribution in [3.8, 4) is 22.5 Å². The van der Waals surface area contributed by atoms with E-state index < -0.39 is 48.0 Å². The van der Waals surface area contributed by atoms with Crippen LogP contribution in [-0.2, 0) is 65.1 Å². The number of hydrogen-bond donors (Lipinski definition) is 2. The summed E-state index contributed by atoms with van der Waals surface area (Å²) >= 11 is 0. The average molecular weight is 833 g/mol. The number of alkyl carbamates (subject to hydrolysis) is 1. The van der Waals surface area contributed by atoms with Gasteiger partial charge in [-0.15, -0.1) is 0 Å². The van der Waals surface area contributed by atoms with Crippen LogP contribution >= 0.6 is 0 Å². The van der Waals surface area contributed by atoms with E-state index in [2.05, 4.69) is 5.32 Å². The molecule has 2 atom stereocenters. The van der Waals surface area contributed by atoms with Gasteiger partial charge in [0.25, 0.3) is 5.56 Å². The van der Waals surface area contributed by atoms with Crippen molar-refractivity contribution in [1.29, 1.82) is 0 Å². The van der Waals surface area contributed by atoms with Crippen molar-refractivity contribution in [2.45, 2.75) is 63.5 Å². The van der Waals surface area contributed by atoms with Crippen molar-refractivity contribution in [2.24, 2.45) is 5.73 Å². The zero-order chi connectivity index (χ0) is 43.1. The van der Waals surface area contributed by atoms with E-state index >= 15 is 0 Å². The summed E-state index contributed by atoms with van der Waals surface area (Å²) in [6.07, 6.45) is -2.62. The average Bonchev–Trinajstić information content (AvgIpc) is 3.80. The van der Waals surface area contributed by atoms with Crippen LogP contribution in [0.3, 0.4) is 0 Å². The van der Waals surface area contributed by atoms with Gasteiger partial charge in [0.05, 0.1) is 41.5 Å². The van der Waals surface area contributed by atoms with Crippen molar-refractivity contribution in [1.82, 2.24) is 14.9 Å². The Bertz CT molecular complexity index is 2840. The van der Waals surface area contributed by atoms with Gasteiger partial charge in [0, 0.05) is 28.9 Å². The molecular weight excluding hydrogens is 793 g/mol. The highest BCUT2D eigenvalue weighted by Crippen LogP contribution is 2.45. The number of nitrogens with one attached hydrogen (secondary N) is 1. The zero-order valence-corrected chi connectivity index (χ0v) is 33.6. The zero-order valence-electron chi connectivity index (χ0n) is 33.6. The number of nitrogens with zero attached hydrogens (tertiary/aromatic N) is 2. The molecule has 3 N–H and O–H groups in total. The van der Waals surface area contributed by atoms with Crippen molar-refractivity contribution in [2.75, 3.05) is 6.61 Å². The molecule has 0 radical (unpaired) electrons. The summed E-state index contributed by atoms with van der Waals surface area (Å²) in [5.41, 5.74) is 11.6. The van der Waals surface area contributed by atoms with E-state index in [9.17, 15) is 28.8 Å². The Kier molecular flexibility index (Phi) is 10.3. The van der Waals surface area contributed by atoms with Gasteiger partial charge < -0.3 is 34.6 Å². The van der Waals surface area contributed by atoms with Crippen LogP contribution in [-0.4, -0.2) is 52.1 Å². The van der Waals surface area contributed by atoms with E-state index in [4.69, 9.17) is 29.7 Å². The molecule has 1 aliphatic carbocycles. The highest BCUT2D eigenvalue weighted by atomic mass is 16.7. The number of ketones is 1. The third-order valence-electron chi connectivity index (χ3n) is 11.8. The van der Waals surface area contributed by atoms with Crippen LogP contribution < -0.4 is 16.6 Å². The summed E-state index contributed by atoms with van der Waals surface area (Å²) in [6, 6.07) is 32.4. The predicted octanol–water partition coefficient (Wildman–Crippen LogP) is 6.34.